The molecule has 0 fully saturated rings. The van der Waals surface area contributed by atoms with Crippen LogP contribution in [0.25, 0.3) is 0 Å². The third kappa shape index (κ3) is 5.41. The van der Waals surface area contributed by atoms with E-state index in [1.807, 2.05) is 0 Å². The monoisotopic (exact) mass is 374 g/mol. The quantitative estimate of drug-likeness (QED) is 0.523. The summed E-state index contributed by atoms with van der Waals surface area (Å²) in [7, 11) is -3.82. The van der Waals surface area contributed by atoms with E-state index in [0.717, 1.165) is 5.56 Å². The Labute approximate surface area is 150 Å². The number of rotatable bonds is 6. The predicted octanol–water partition coefficient (Wildman–Crippen LogP) is 1.61. The topological polar surface area (TPSA) is 125 Å². The number of benzene rings is 2. The second kappa shape index (κ2) is 8.24. The first-order valence-corrected chi connectivity index (χ1v) is 8.86. The number of hydrogen-bond acceptors (Lipinski definition) is 5. The van der Waals surface area contributed by atoms with Gasteiger partial charge in [-0.15, -0.1) is 0 Å². The van der Waals surface area contributed by atoms with Crippen LogP contribution in [0.2, 0.25) is 0 Å². The number of sulfonamides is 1. The molecule has 2 aromatic carbocycles. The number of anilines is 1. The van der Waals surface area contributed by atoms with Crippen molar-refractivity contribution >= 4 is 21.6 Å². The Morgan fingerprint density at radius 2 is 1.77 bits per heavy atom. The Kier molecular flexibility index (Phi) is 6.06. The summed E-state index contributed by atoms with van der Waals surface area (Å²) in [6, 6.07) is 12.7. The zero-order valence-corrected chi connectivity index (χ0v) is 14.3. The first kappa shape index (κ1) is 19.1. The van der Waals surface area contributed by atoms with Crippen molar-refractivity contribution in [2.24, 2.45) is 5.14 Å². The minimum absolute atomic E-state index is 0.0903. The molecule has 0 aliphatic heterocycles. The van der Waals surface area contributed by atoms with Crippen LogP contribution in [-0.2, 0) is 21.4 Å². The van der Waals surface area contributed by atoms with Gasteiger partial charge in [0.05, 0.1) is 4.90 Å². The van der Waals surface area contributed by atoms with E-state index < -0.39 is 15.9 Å². The number of nitrogens with zero attached hydrogens (tertiary/aromatic N) is 1. The van der Waals surface area contributed by atoms with Crippen LogP contribution in [0.15, 0.2) is 65.2 Å². The predicted molar refractivity (Wildman–Crippen MR) is 93.4 cm³/mol. The van der Waals surface area contributed by atoms with Gasteiger partial charge in [-0.25, -0.2) is 17.9 Å². The Balaban J connectivity index is 1.99. The van der Waals surface area contributed by atoms with E-state index >= 15 is 0 Å². The molecule has 4 N–H and O–H groups in total. The van der Waals surface area contributed by atoms with Gasteiger partial charge in [0.2, 0.25) is 10.0 Å². The lowest BCUT2D eigenvalue weighted by Gasteiger charge is -2.06. The van der Waals surface area contributed by atoms with Crippen LogP contribution in [0.5, 0.6) is 0 Å². The van der Waals surface area contributed by atoms with Gasteiger partial charge in [0.1, 0.15) is 17.5 Å². The Morgan fingerprint density at radius 1 is 1.15 bits per heavy atom. The first-order chi connectivity index (χ1) is 12.3. The van der Waals surface area contributed by atoms with Crippen LogP contribution in [0, 0.1) is 17.1 Å². The fraction of sp³-hybridized carbons (Fsp3) is 0.0588. The van der Waals surface area contributed by atoms with Gasteiger partial charge >= 0.3 is 0 Å². The summed E-state index contributed by atoms with van der Waals surface area (Å²) in [6.45, 7) is 0.307. The van der Waals surface area contributed by atoms with Crippen molar-refractivity contribution in [2.45, 2.75) is 11.4 Å². The third-order valence-electron chi connectivity index (χ3n) is 3.27. The highest BCUT2D eigenvalue weighted by Crippen LogP contribution is 2.13. The van der Waals surface area contributed by atoms with Crippen LogP contribution >= 0.6 is 0 Å². The van der Waals surface area contributed by atoms with Gasteiger partial charge in [-0.2, -0.15) is 5.26 Å². The van der Waals surface area contributed by atoms with E-state index in [0.29, 0.717) is 12.2 Å². The molecule has 2 rings (SSSR count). The molecule has 0 saturated heterocycles. The van der Waals surface area contributed by atoms with Crippen LogP contribution in [0.3, 0.4) is 0 Å². The Hall–Kier alpha value is -3.22. The molecule has 0 spiro atoms. The van der Waals surface area contributed by atoms with E-state index in [-0.39, 0.29) is 16.3 Å². The van der Waals surface area contributed by atoms with Gasteiger partial charge in [0.25, 0.3) is 5.91 Å². The number of carbonyl (C=O) groups is 1. The van der Waals surface area contributed by atoms with Crippen LogP contribution in [0.4, 0.5) is 10.1 Å². The molecular weight excluding hydrogens is 359 g/mol. The van der Waals surface area contributed by atoms with E-state index in [4.69, 9.17) is 10.4 Å². The van der Waals surface area contributed by atoms with Gasteiger partial charge in [-0.1, -0.05) is 12.1 Å². The zero-order valence-electron chi connectivity index (χ0n) is 13.4. The van der Waals surface area contributed by atoms with Crippen molar-refractivity contribution < 1.29 is 17.6 Å². The summed E-state index contributed by atoms with van der Waals surface area (Å²) in [5.74, 6) is -1.02. The summed E-state index contributed by atoms with van der Waals surface area (Å²) in [5, 5.41) is 19.4. The number of amides is 1. The van der Waals surface area contributed by atoms with Gasteiger partial charge in [-0.3, -0.25) is 4.79 Å². The molecule has 26 heavy (non-hydrogen) atoms. The van der Waals surface area contributed by atoms with Gasteiger partial charge in [-0.05, 0) is 42.0 Å². The average molecular weight is 374 g/mol. The molecule has 0 unspecified atom stereocenters. The zero-order chi connectivity index (χ0) is 19.2. The SMILES string of the molecule is N#C/C(=C/NCc1ccc(F)cc1)C(=O)Nc1ccc(S(N)(=O)=O)cc1. The van der Waals surface area contributed by atoms with Crippen molar-refractivity contribution in [2.75, 3.05) is 5.32 Å². The molecule has 134 valence electrons. The van der Waals surface area contributed by atoms with Crippen molar-refractivity contribution in [3.05, 3.63) is 71.7 Å². The molecule has 0 aliphatic rings. The number of nitriles is 1. The molecule has 0 heterocycles. The third-order valence-corrected chi connectivity index (χ3v) is 4.20. The van der Waals surface area contributed by atoms with Gasteiger partial charge < -0.3 is 10.6 Å². The smallest absolute Gasteiger partial charge is 0.267 e. The number of carbonyl (C=O) groups excluding carboxylic acids is 1. The fourth-order valence-electron chi connectivity index (χ4n) is 1.95. The van der Waals surface area contributed by atoms with Crippen molar-refractivity contribution in [1.82, 2.24) is 5.32 Å². The number of nitrogens with two attached hydrogens (primary N) is 1. The lowest BCUT2D eigenvalue weighted by Crippen LogP contribution is -2.17. The highest BCUT2D eigenvalue weighted by molar-refractivity contribution is 7.89. The fourth-order valence-corrected chi connectivity index (χ4v) is 2.46. The lowest BCUT2D eigenvalue weighted by molar-refractivity contribution is -0.112. The van der Waals surface area contributed by atoms with Crippen molar-refractivity contribution in [3.8, 4) is 6.07 Å². The van der Waals surface area contributed by atoms with E-state index in [1.165, 1.54) is 42.6 Å². The van der Waals surface area contributed by atoms with E-state index in [9.17, 15) is 17.6 Å². The maximum atomic E-state index is 12.8. The summed E-state index contributed by atoms with van der Waals surface area (Å²) in [5.41, 5.74) is 0.906. The normalized spacial score (nSPS) is 11.5. The lowest BCUT2D eigenvalue weighted by atomic mass is 10.2. The molecule has 0 radical (unpaired) electrons. The summed E-state index contributed by atoms with van der Waals surface area (Å²) < 4.78 is 35.2. The molecular formula is C17H15FN4O3S. The van der Waals surface area contributed by atoms with E-state index in [1.54, 1.807) is 18.2 Å². The van der Waals surface area contributed by atoms with Crippen molar-refractivity contribution in [3.63, 3.8) is 0 Å². The van der Waals surface area contributed by atoms with Crippen LogP contribution in [0.1, 0.15) is 5.56 Å². The maximum absolute atomic E-state index is 12.8. The molecule has 1 amide bonds. The molecule has 0 atom stereocenters. The minimum atomic E-state index is -3.82. The summed E-state index contributed by atoms with van der Waals surface area (Å²) in [4.78, 5) is 12.0. The molecule has 0 aliphatic carbocycles. The second-order valence-electron chi connectivity index (χ2n) is 5.20. The van der Waals surface area contributed by atoms with Gasteiger partial charge in [0.15, 0.2) is 0 Å². The van der Waals surface area contributed by atoms with Crippen LogP contribution in [-0.4, -0.2) is 14.3 Å². The molecule has 0 bridgehead atoms. The average Bonchev–Trinajstić information content (AvgIpc) is 2.60. The second-order valence-corrected chi connectivity index (χ2v) is 6.76. The Bertz CT molecular complexity index is 963. The molecule has 0 saturated carbocycles. The number of halogens is 1. The Morgan fingerprint density at radius 3 is 2.31 bits per heavy atom. The summed E-state index contributed by atoms with van der Waals surface area (Å²) in [6.07, 6.45) is 1.25. The highest BCUT2D eigenvalue weighted by Gasteiger charge is 2.11. The highest BCUT2D eigenvalue weighted by atomic mass is 32.2. The maximum Gasteiger partial charge on any atom is 0.267 e. The van der Waals surface area contributed by atoms with E-state index in [2.05, 4.69) is 10.6 Å². The van der Waals surface area contributed by atoms with Crippen LogP contribution < -0.4 is 15.8 Å². The summed E-state index contributed by atoms with van der Waals surface area (Å²) >= 11 is 0. The molecule has 2 aromatic rings. The number of hydrogen-bond donors (Lipinski definition) is 3. The molecule has 0 aromatic heterocycles. The van der Waals surface area contributed by atoms with Crippen molar-refractivity contribution in [1.29, 1.82) is 5.26 Å². The standard InChI is InChI=1S/C17H15FN4O3S/c18-14-3-1-12(2-4-14)10-21-11-13(9-19)17(23)22-15-5-7-16(8-6-15)26(20,24)25/h1-8,11,21H,10H2,(H,22,23)(H2,20,24,25)/b13-11-. The number of primary sulfonamides is 1. The minimum Gasteiger partial charge on any atom is -0.386 e. The molecule has 7 nitrogen and oxygen atoms in total. The largest absolute Gasteiger partial charge is 0.386 e. The van der Waals surface area contributed by atoms with Gasteiger partial charge in [0, 0.05) is 18.4 Å². The molecule has 9 heteroatoms. The number of nitrogens with one attached hydrogen (secondary N) is 2. The first-order valence-electron chi connectivity index (χ1n) is 7.32.